The molecule has 1 fully saturated rings. The van der Waals surface area contributed by atoms with Crippen molar-refractivity contribution in [2.24, 2.45) is 0 Å². The van der Waals surface area contributed by atoms with Crippen LogP contribution in [0, 0.1) is 0 Å². The van der Waals surface area contributed by atoms with Crippen molar-refractivity contribution in [1.29, 1.82) is 0 Å². The number of benzene rings is 2. The first-order valence-corrected chi connectivity index (χ1v) is 9.30. The highest BCUT2D eigenvalue weighted by Gasteiger charge is 2.28. The number of anilines is 2. The third-order valence-corrected chi connectivity index (χ3v) is 5.62. The van der Waals surface area contributed by atoms with Crippen molar-refractivity contribution >= 4 is 33.4 Å². The van der Waals surface area contributed by atoms with Crippen LogP contribution in [0.15, 0.2) is 60.7 Å². The highest BCUT2D eigenvalue weighted by molar-refractivity contribution is 7.93. The highest BCUT2D eigenvalue weighted by atomic mass is 32.2. The van der Waals surface area contributed by atoms with Gasteiger partial charge in [0.2, 0.25) is 15.9 Å². The molecule has 0 spiro atoms. The third-order valence-electron chi connectivity index (χ3n) is 3.75. The number of nitrogens with one attached hydrogen (secondary N) is 1. The van der Waals surface area contributed by atoms with Crippen LogP contribution in [0.2, 0.25) is 0 Å². The molecule has 0 radical (unpaired) electrons. The molecular weight excluding hydrogens is 324 g/mol. The van der Waals surface area contributed by atoms with Gasteiger partial charge in [0.05, 0.1) is 11.4 Å². The van der Waals surface area contributed by atoms with Gasteiger partial charge in [0.15, 0.2) is 0 Å². The Hall–Kier alpha value is -2.60. The SMILES string of the molecule is O=C(C=Cc1ccccc1)Nc1ccc(N2CCCS2(=O)=O)cc1. The van der Waals surface area contributed by atoms with Crippen LogP contribution in [0.4, 0.5) is 11.4 Å². The van der Waals surface area contributed by atoms with E-state index in [4.69, 9.17) is 0 Å². The molecule has 3 rings (SSSR count). The largest absolute Gasteiger partial charge is 0.323 e. The van der Waals surface area contributed by atoms with Crippen molar-refractivity contribution in [3.63, 3.8) is 0 Å². The minimum absolute atomic E-state index is 0.190. The van der Waals surface area contributed by atoms with Crippen molar-refractivity contribution in [3.05, 3.63) is 66.2 Å². The predicted octanol–water partition coefficient (Wildman–Crippen LogP) is 2.88. The molecule has 0 atom stereocenters. The Bertz CT molecular complexity index is 844. The van der Waals surface area contributed by atoms with Crippen molar-refractivity contribution in [1.82, 2.24) is 0 Å². The molecule has 0 bridgehead atoms. The highest BCUT2D eigenvalue weighted by Crippen LogP contribution is 2.25. The normalized spacial score (nSPS) is 16.4. The number of carbonyl (C=O) groups excluding carboxylic acids is 1. The monoisotopic (exact) mass is 342 g/mol. The van der Waals surface area contributed by atoms with E-state index in [1.807, 2.05) is 30.3 Å². The lowest BCUT2D eigenvalue weighted by atomic mass is 10.2. The Kier molecular flexibility index (Phi) is 4.66. The Balaban J connectivity index is 1.64. The first kappa shape index (κ1) is 16.3. The van der Waals surface area contributed by atoms with E-state index in [1.54, 1.807) is 30.3 Å². The van der Waals surface area contributed by atoms with E-state index in [0.717, 1.165) is 5.56 Å². The zero-order valence-electron chi connectivity index (χ0n) is 13.1. The molecule has 1 amide bonds. The predicted molar refractivity (Wildman–Crippen MR) is 96.3 cm³/mol. The number of carbonyl (C=O) groups is 1. The Morgan fingerprint density at radius 3 is 2.38 bits per heavy atom. The summed E-state index contributed by atoms with van der Waals surface area (Å²) in [5, 5.41) is 2.76. The number of hydrogen-bond acceptors (Lipinski definition) is 3. The van der Waals surface area contributed by atoms with Crippen LogP contribution >= 0.6 is 0 Å². The molecular formula is C18H18N2O3S. The Morgan fingerprint density at radius 1 is 1.04 bits per heavy atom. The van der Waals surface area contributed by atoms with E-state index in [1.165, 1.54) is 10.4 Å². The van der Waals surface area contributed by atoms with Crippen LogP contribution in [0.5, 0.6) is 0 Å². The topological polar surface area (TPSA) is 66.5 Å². The van der Waals surface area contributed by atoms with Gasteiger partial charge in [0.25, 0.3) is 0 Å². The molecule has 24 heavy (non-hydrogen) atoms. The fourth-order valence-corrected chi connectivity index (χ4v) is 4.13. The fraction of sp³-hybridized carbons (Fsp3) is 0.167. The summed E-state index contributed by atoms with van der Waals surface area (Å²) < 4.78 is 25.2. The maximum Gasteiger partial charge on any atom is 0.248 e. The second kappa shape index (κ2) is 6.88. The zero-order chi connectivity index (χ0) is 17.0. The lowest BCUT2D eigenvalue weighted by molar-refractivity contribution is -0.111. The summed E-state index contributed by atoms with van der Waals surface area (Å²) in [5.74, 6) is -0.0455. The van der Waals surface area contributed by atoms with E-state index in [-0.39, 0.29) is 11.7 Å². The lowest BCUT2D eigenvalue weighted by Gasteiger charge is -2.17. The van der Waals surface area contributed by atoms with Gasteiger partial charge in [-0.05, 0) is 42.3 Å². The van der Waals surface area contributed by atoms with Gasteiger partial charge in [-0.2, -0.15) is 0 Å². The first-order chi connectivity index (χ1) is 11.5. The standard InChI is InChI=1S/C18H18N2O3S/c21-18(12-7-15-5-2-1-3-6-15)19-16-8-10-17(11-9-16)20-13-4-14-24(20,22)23/h1-3,5-12H,4,13-14H2,(H,19,21). The van der Waals surface area contributed by atoms with Crippen molar-refractivity contribution in [3.8, 4) is 0 Å². The quantitative estimate of drug-likeness (QED) is 0.869. The lowest BCUT2D eigenvalue weighted by Crippen LogP contribution is -2.24. The molecule has 1 aliphatic rings. The number of hydrogen-bond donors (Lipinski definition) is 1. The summed E-state index contributed by atoms with van der Waals surface area (Å²) in [7, 11) is -3.18. The molecule has 1 saturated heterocycles. The van der Waals surface area contributed by atoms with E-state index in [0.29, 0.717) is 24.3 Å². The van der Waals surface area contributed by atoms with Gasteiger partial charge in [0.1, 0.15) is 0 Å². The molecule has 1 N–H and O–H groups in total. The summed E-state index contributed by atoms with van der Waals surface area (Å²) in [4.78, 5) is 11.9. The summed E-state index contributed by atoms with van der Waals surface area (Å²) in [6.07, 6.45) is 3.85. The van der Waals surface area contributed by atoms with Crippen LogP contribution in [-0.4, -0.2) is 26.6 Å². The second-order valence-corrected chi connectivity index (χ2v) is 7.53. The van der Waals surface area contributed by atoms with Gasteiger partial charge in [-0.3, -0.25) is 9.10 Å². The smallest absolute Gasteiger partial charge is 0.248 e. The van der Waals surface area contributed by atoms with Gasteiger partial charge in [0, 0.05) is 18.3 Å². The van der Waals surface area contributed by atoms with Crippen molar-refractivity contribution < 1.29 is 13.2 Å². The van der Waals surface area contributed by atoms with E-state index in [9.17, 15) is 13.2 Å². The van der Waals surface area contributed by atoms with Crippen LogP contribution < -0.4 is 9.62 Å². The van der Waals surface area contributed by atoms with Crippen molar-refractivity contribution in [2.45, 2.75) is 6.42 Å². The number of rotatable bonds is 4. The maximum absolute atomic E-state index is 11.9. The maximum atomic E-state index is 11.9. The van der Waals surface area contributed by atoms with Crippen LogP contribution in [0.3, 0.4) is 0 Å². The molecule has 2 aromatic rings. The average molecular weight is 342 g/mol. The Labute approximate surface area is 141 Å². The summed E-state index contributed by atoms with van der Waals surface area (Å²) in [6.45, 7) is 0.508. The van der Waals surface area contributed by atoms with Gasteiger partial charge in [-0.1, -0.05) is 30.3 Å². The summed E-state index contributed by atoms with van der Waals surface area (Å²) in [5.41, 5.74) is 2.20. The first-order valence-electron chi connectivity index (χ1n) is 7.69. The van der Waals surface area contributed by atoms with Gasteiger partial charge in [-0.15, -0.1) is 0 Å². The summed E-state index contributed by atoms with van der Waals surface area (Å²) >= 11 is 0. The molecule has 5 nitrogen and oxygen atoms in total. The van der Waals surface area contributed by atoms with Gasteiger partial charge < -0.3 is 5.32 Å². The molecule has 0 aromatic heterocycles. The molecule has 124 valence electrons. The van der Waals surface area contributed by atoms with Gasteiger partial charge in [-0.25, -0.2) is 8.42 Å². The van der Waals surface area contributed by atoms with E-state index in [2.05, 4.69) is 5.32 Å². The Morgan fingerprint density at radius 2 is 1.75 bits per heavy atom. The van der Waals surface area contributed by atoms with E-state index >= 15 is 0 Å². The molecule has 6 heteroatoms. The van der Waals surface area contributed by atoms with Crippen LogP contribution in [0.25, 0.3) is 6.08 Å². The minimum Gasteiger partial charge on any atom is -0.323 e. The average Bonchev–Trinajstić information content (AvgIpc) is 2.94. The summed E-state index contributed by atoms with van der Waals surface area (Å²) in [6, 6.07) is 16.4. The molecule has 1 aliphatic heterocycles. The third kappa shape index (κ3) is 3.83. The van der Waals surface area contributed by atoms with E-state index < -0.39 is 10.0 Å². The second-order valence-electron chi connectivity index (χ2n) is 5.52. The van der Waals surface area contributed by atoms with Crippen LogP contribution in [-0.2, 0) is 14.8 Å². The van der Waals surface area contributed by atoms with Gasteiger partial charge >= 0.3 is 0 Å². The zero-order valence-corrected chi connectivity index (χ0v) is 13.9. The minimum atomic E-state index is -3.18. The fourth-order valence-electron chi connectivity index (χ4n) is 2.56. The molecule has 2 aromatic carbocycles. The number of nitrogens with zero attached hydrogens (tertiary/aromatic N) is 1. The molecule has 0 aliphatic carbocycles. The molecule has 0 unspecified atom stereocenters. The number of amides is 1. The number of sulfonamides is 1. The van der Waals surface area contributed by atoms with Crippen molar-refractivity contribution in [2.75, 3.05) is 21.9 Å². The van der Waals surface area contributed by atoms with Crippen LogP contribution in [0.1, 0.15) is 12.0 Å². The molecule has 0 saturated carbocycles. The molecule has 1 heterocycles.